The number of hydrogen-bond acceptors (Lipinski definition) is 3. The molecule has 1 fully saturated rings. The average molecular weight is 422 g/mol. The minimum atomic E-state index is -0.676. The van der Waals surface area contributed by atoms with Crippen molar-refractivity contribution in [2.45, 2.75) is 25.3 Å². The fourth-order valence-electron chi connectivity index (χ4n) is 4.17. The molecule has 158 valence electrons. The van der Waals surface area contributed by atoms with Crippen molar-refractivity contribution in [1.82, 2.24) is 9.91 Å². The highest BCUT2D eigenvalue weighted by atomic mass is 19.1. The van der Waals surface area contributed by atoms with Crippen LogP contribution in [0.2, 0.25) is 0 Å². The molecule has 3 amide bonds. The van der Waals surface area contributed by atoms with Crippen LogP contribution in [0.25, 0.3) is 6.08 Å². The van der Waals surface area contributed by atoms with Crippen LogP contribution in [0.1, 0.15) is 35.6 Å². The summed E-state index contributed by atoms with van der Waals surface area (Å²) in [6.45, 7) is 0.914. The van der Waals surface area contributed by atoms with E-state index in [4.69, 9.17) is 0 Å². The number of nitrogens with zero attached hydrogens (tertiary/aromatic N) is 3. The number of nitrogens with one attached hydrogen (secondary N) is 1. The Labute approximate surface area is 177 Å². The number of rotatable bonds is 2. The number of halogens is 2. The molecule has 0 aromatic heterocycles. The van der Waals surface area contributed by atoms with Crippen molar-refractivity contribution in [3.8, 4) is 0 Å². The summed E-state index contributed by atoms with van der Waals surface area (Å²) in [7, 11) is 0. The van der Waals surface area contributed by atoms with Gasteiger partial charge in [0.05, 0.1) is 6.04 Å². The molecule has 0 saturated carbocycles. The predicted molar refractivity (Wildman–Crippen MR) is 112 cm³/mol. The molecule has 1 unspecified atom stereocenters. The number of carbonyl (C=O) groups is 2. The number of fused-ring (bicyclic) bond motifs is 1. The number of likely N-dealkylation sites (tertiary alicyclic amines) is 1. The number of urea groups is 1. The van der Waals surface area contributed by atoms with Crippen LogP contribution in [0.15, 0.2) is 47.1 Å². The Morgan fingerprint density at radius 2 is 1.87 bits per heavy atom. The molecule has 0 bridgehead atoms. The largest absolute Gasteiger partial charge is 0.341 e. The third-order valence-corrected chi connectivity index (χ3v) is 5.75. The molecule has 6 nitrogen and oxygen atoms in total. The van der Waals surface area contributed by atoms with E-state index in [1.807, 2.05) is 24.3 Å². The summed E-state index contributed by atoms with van der Waals surface area (Å²) in [6.07, 6.45) is 5.26. The molecule has 2 aromatic rings. The van der Waals surface area contributed by atoms with E-state index < -0.39 is 17.7 Å². The lowest BCUT2D eigenvalue weighted by molar-refractivity contribution is -0.116. The van der Waals surface area contributed by atoms with Crippen LogP contribution in [-0.2, 0) is 11.2 Å². The Bertz CT molecular complexity index is 1120. The first kappa shape index (κ1) is 19.4. The van der Waals surface area contributed by atoms with Crippen LogP contribution in [0.5, 0.6) is 0 Å². The molecular weight excluding hydrogens is 402 g/mol. The lowest BCUT2D eigenvalue weighted by Crippen LogP contribution is -2.49. The molecule has 1 N–H and O–H groups in total. The van der Waals surface area contributed by atoms with Crippen LogP contribution in [-0.4, -0.2) is 41.2 Å². The first-order chi connectivity index (χ1) is 15.0. The van der Waals surface area contributed by atoms with E-state index in [9.17, 15) is 18.4 Å². The third-order valence-electron chi connectivity index (χ3n) is 5.75. The number of amides is 3. The van der Waals surface area contributed by atoms with Crippen molar-refractivity contribution >= 4 is 29.9 Å². The van der Waals surface area contributed by atoms with Crippen molar-refractivity contribution in [2.75, 3.05) is 18.4 Å². The summed E-state index contributed by atoms with van der Waals surface area (Å²) >= 11 is 0. The van der Waals surface area contributed by atoms with Gasteiger partial charge in [0.15, 0.2) is 0 Å². The van der Waals surface area contributed by atoms with Crippen molar-refractivity contribution in [1.29, 1.82) is 0 Å². The maximum atomic E-state index is 13.6. The molecule has 1 atom stereocenters. The monoisotopic (exact) mass is 422 g/mol. The number of carbonyl (C=O) groups excluding carboxylic acids is 2. The van der Waals surface area contributed by atoms with Gasteiger partial charge in [-0.25, -0.2) is 18.6 Å². The van der Waals surface area contributed by atoms with E-state index in [1.54, 1.807) is 11.1 Å². The van der Waals surface area contributed by atoms with Gasteiger partial charge in [-0.1, -0.05) is 18.2 Å². The van der Waals surface area contributed by atoms with E-state index in [2.05, 4.69) is 10.4 Å². The molecule has 0 spiro atoms. The lowest BCUT2D eigenvalue weighted by atomic mass is 9.98. The van der Waals surface area contributed by atoms with Gasteiger partial charge in [-0.05, 0) is 46.9 Å². The highest BCUT2D eigenvalue weighted by molar-refractivity contribution is 5.94. The quantitative estimate of drug-likeness (QED) is 0.792. The van der Waals surface area contributed by atoms with E-state index in [1.165, 1.54) is 17.1 Å². The Morgan fingerprint density at radius 3 is 2.65 bits per heavy atom. The molecule has 3 aliphatic heterocycles. The number of benzene rings is 2. The Kier molecular flexibility index (Phi) is 4.77. The SMILES string of the molecule is O=C1CCc2ccc(C=C3CN(C(=O)N4N=CCC4c4cc(F)cc(F)c4)C3)cc2N1. The molecule has 1 saturated heterocycles. The maximum absolute atomic E-state index is 13.6. The van der Waals surface area contributed by atoms with Crippen molar-refractivity contribution in [2.24, 2.45) is 5.10 Å². The zero-order chi connectivity index (χ0) is 21.5. The first-order valence-corrected chi connectivity index (χ1v) is 10.1. The zero-order valence-electron chi connectivity index (χ0n) is 16.6. The summed E-state index contributed by atoms with van der Waals surface area (Å²) in [6, 6.07) is 8.44. The summed E-state index contributed by atoms with van der Waals surface area (Å²) in [5, 5.41) is 8.32. The number of hydrogen-bond donors (Lipinski definition) is 1. The van der Waals surface area contributed by atoms with Crippen molar-refractivity contribution < 1.29 is 18.4 Å². The van der Waals surface area contributed by atoms with Crippen molar-refractivity contribution in [3.63, 3.8) is 0 Å². The van der Waals surface area contributed by atoms with Gasteiger partial charge < -0.3 is 10.2 Å². The molecule has 3 heterocycles. The van der Waals surface area contributed by atoms with Crippen LogP contribution < -0.4 is 5.32 Å². The predicted octanol–water partition coefficient (Wildman–Crippen LogP) is 4.10. The van der Waals surface area contributed by atoms with Gasteiger partial charge in [-0.3, -0.25) is 4.79 Å². The molecule has 0 aliphatic carbocycles. The normalized spacial score (nSPS) is 19.7. The minimum Gasteiger partial charge on any atom is -0.326 e. The first-order valence-electron chi connectivity index (χ1n) is 10.1. The highest BCUT2D eigenvalue weighted by Crippen LogP contribution is 2.32. The molecule has 5 rings (SSSR count). The molecule has 2 aromatic carbocycles. The zero-order valence-corrected chi connectivity index (χ0v) is 16.6. The molecule has 3 aliphatic rings. The second-order valence-electron chi connectivity index (χ2n) is 8.00. The summed E-state index contributed by atoms with van der Waals surface area (Å²) in [4.78, 5) is 26.1. The van der Waals surface area contributed by atoms with Crippen LogP contribution >= 0.6 is 0 Å². The topological polar surface area (TPSA) is 65.0 Å². The smallest absolute Gasteiger partial charge is 0.326 e. The summed E-state index contributed by atoms with van der Waals surface area (Å²) < 4.78 is 27.2. The molecular formula is C23H20F2N4O2. The van der Waals surface area contributed by atoms with Crippen LogP contribution in [0.4, 0.5) is 19.3 Å². The van der Waals surface area contributed by atoms with Gasteiger partial charge in [0.25, 0.3) is 0 Å². The highest BCUT2D eigenvalue weighted by Gasteiger charge is 2.35. The fourth-order valence-corrected chi connectivity index (χ4v) is 4.17. The second-order valence-corrected chi connectivity index (χ2v) is 8.00. The Hall–Kier alpha value is -3.55. The van der Waals surface area contributed by atoms with E-state index in [-0.39, 0.29) is 11.9 Å². The second kappa shape index (κ2) is 7.61. The number of aryl methyl sites for hydroxylation is 1. The minimum absolute atomic E-state index is 0.0246. The lowest BCUT2D eigenvalue weighted by Gasteiger charge is -2.37. The molecule has 31 heavy (non-hydrogen) atoms. The number of hydrazone groups is 1. The van der Waals surface area contributed by atoms with Gasteiger partial charge in [-0.15, -0.1) is 0 Å². The van der Waals surface area contributed by atoms with Gasteiger partial charge in [-0.2, -0.15) is 5.10 Å². The average Bonchev–Trinajstić information content (AvgIpc) is 3.19. The van der Waals surface area contributed by atoms with E-state index in [0.717, 1.165) is 34.9 Å². The van der Waals surface area contributed by atoms with Crippen molar-refractivity contribution in [3.05, 3.63) is 70.3 Å². The summed E-state index contributed by atoms with van der Waals surface area (Å²) in [5.41, 5.74) is 4.39. The molecule has 8 heteroatoms. The van der Waals surface area contributed by atoms with E-state index >= 15 is 0 Å². The van der Waals surface area contributed by atoms with Gasteiger partial charge in [0.1, 0.15) is 11.6 Å². The van der Waals surface area contributed by atoms with Gasteiger partial charge in [0.2, 0.25) is 5.91 Å². The molecule has 0 radical (unpaired) electrons. The Balaban J connectivity index is 1.26. The number of anilines is 1. The third kappa shape index (κ3) is 3.81. The summed E-state index contributed by atoms with van der Waals surface area (Å²) in [5.74, 6) is -1.33. The van der Waals surface area contributed by atoms with Gasteiger partial charge >= 0.3 is 6.03 Å². The fraction of sp³-hybridized carbons (Fsp3) is 0.261. The van der Waals surface area contributed by atoms with Crippen LogP contribution in [0.3, 0.4) is 0 Å². The van der Waals surface area contributed by atoms with E-state index in [0.29, 0.717) is 31.5 Å². The standard InChI is InChI=1S/C23H20F2N4O2/c24-18-9-17(10-19(25)11-18)21-5-6-26-29(21)23(31)28-12-15(13-28)7-14-1-2-16-3-4-22(30)27-20(16)8-14/h1-2,6-11,21H,3-5,12-13H2,(H,27,30). The Morgan fingerprint density at radius 1 is 1.10 bits per heavy atom. The van der Waals surface area contributed by atoms with Crippen LogP contribution in [0, 0.1) is 11.6 Å². The maximum Gasteiger partial charge on any atom is 0.341 e. The van der Waals surface area contributed by atoms with Gasteiger partial charge in [0, 0.05) is 43.9 Å².